The molecular weight excluding hydrogens is 687 g/mol. The van der Waals surface area contributed by atoms with E-state index in [1.54, 1.807) is 0 Å². The molecule has 0 aromatic rings. The van der Waals surface area contributed by atoms with Crippen molar-refractivity contribution in [2.45, 2.75) is 176 Å². The highest BCUT2D eigenvalue weighted by Gasteiger charge is 2.61. The molecule has 7 rings (SSSR count). The van der Waals surface area contributed by atoms with Crippen LogP contribution in [0.3, 0.4) is 0 Å². The van der Waals surface area contributed by atoms with Gasteiger partial charge < -0.3 is 9.47 Å². The number of hydrogen-bond acceptors (Lipinski definition) is 6. The smallest absolute Gasteiger partial charge is 0.306 e. The zero-order chi connectivity index (χ0) is 38.9. The second-order valence-corrected chi connectivity index (χ2v) is 20.7. The average Bonchev–Trinajstić information content (AvgIpc) is 3.91. The maximum atomic E-state index is 12.9. The lowest BCUT2D eigenvalue weighted by Gasteiger charge is -2.61. The molecule has 2 bridgehead atoms. The van der Waals surface area contributed by atoms with Gasteiger partial charge >= 0.3 is 11.9 Å². The standard InChI is InChI=1S/C48H75NO6/c1-31(2)13-12-14-32(3)38-21-22-39-37-20-19-35-30-36(23-25-47(35,4)40(37)24-26-48(38,39)5)55-42(51)16-11-9-7-6-8-10-15-41(50)54-28-27-49-45(52)43-33-17-18-34(29-33)44(43)46(49)53/h17-18,31-40,43-44H,6-16,19-30H2,1-5H3/t32-,33?,34?,35?,36+,37?,38?,39?,40?,43?,44?,47+,48-/m1/s1. The van der Waals surface area contributed by atoms with Crippen molar-refractivity contribution in [2.75, 3.05) is 13.2 Å². The fourth-order valence-electron chi connectivity index (χ4n) is 14.3. The molecule has 7 heteroatoms. The molecule has 6 aliphatic carbocycles. The van der Waals surface area contributed by atoms with Gasteiger partial charge in [0.25, 0.3) is 0 Å². The van der Waals surface area contributed by atoms with Crippen LogP contribution in [0.4, 0.5) is 0 Å². The van der Waals surface area contributed by atoms with E-state index in [0.717, 1.165) is 93.3 Å². The number of rotatable bonds is 18. The highest BCUT2D eigenvalue weighted by Crippen LogP contribution is 2.68. The summed E-state index contributed by atoms with van der Waals surface area (Å²) in [5.74, 6) is 5.51. The first-order valence-electron chi connectivity index (χ1n) is 23.3. The summed E-state index contributed by atoms with van der Waals surface area (Å²) in [5, 5.41) is 0. The Morgan fingerprint density at radius 1 is 0.727 bits per heavy atom. The monoisotopic (exact) mass is 762 g/mol. The number of nitrogens with zero attached hydrogens (tertiary/aromatic N) is 1. The predicted octanol–water partition coefficient (Wildman–Crippen LogP) is 10.5. The molecule has 2 amide bonds. The maximum Gasteiger partial charge on any atom is 0.306 e. The van der Waals surface area contributed by atoms with Gasteiger partial charge in [0.15, 0.2) is 0 Å². The van der Waals surface area contributed by atoms with Gasteiger partial charge in [-0.15, -0.1) is 0 Å². The van der Waals surface area contributed by atoms with E-state index in [1.807, 2.05) is 0 Å². The van der Waals surface area contributed by atoms with Crippen LogP contribution in [0.1, 0.15) is 169 Å². The molecule has 0 aromatic heterocycles. The third kappa shape index (κ3) is 8.39. The summed E-state index contributed by atoms with van der Waals surface area (Å²) in [7, 11) is 0. The van der Waals surface area contributed by atoms with Crippen LogP contribution in [0, 0.1) is 75.9 Å². The van der Waals surface area contributed by atoms with Gasteiger partial charge in [0.1, 0.15) is 12.7 Å². The largest absolute Gasteiger partial charge is 0.464 e. The van der Waals surface area contributed by atoms with Gasteiger partial charge in [-0.3, -0.25) is 24.1 Å². The Balaban J connectivity index is 0.733. The number of amides is 2. The van der Waals surface area contributed by atoms with E-state index in [1.165, 1.54) is 69.1 Å². The summed E-state index contributed by atoms with van der Waals surface area (Å²) < 4.78 is 11.5. The lowest BCUT2D eigenvalue weighted by molar-refractivity contribution is -0.163. The number of allylic oxidation sites excluding steroid dienone is 2. The van der Waals surface area contributed by atoms with E-state index in [9.17, 15) is 19.2 Å². The van der Waals surface area contributed by atoms with E-state index in [0.29, 0.717) is 29.6 Å². The summed E-state index contributed by atoms with van der Waals surface area (Å²) in [6.07, 6.45) is 27.7. The van der Waals surface area contributed by atoms with Crippen LogP contribution in [-0.4, -0.2) is 47.9 Å². The number of imide groups is 1. The normalized spacial score (nSPS) is 39.2. The molecule has 1 heterocycles. The van der Waals surface area contributed by atoms with Crippen molar-refractivity contribution >= 4 is 23.8 Å². The SMILES string of the molecule is CC(C)CCC[C@@H](C)C1CCC2C3CCC4C[C@@H](OC(=O)CCCCCCCCC(=O)OCCN5C(=O)C6C7C=CC(C7)C6C5=O)CC[C@]4(C)C3CC[C@@]21C. The van der Waals surface area contributed by atoms with Gasteiger partial charge in [-0.2, -0.15) is 0 Å². The number of ether oxygens (including phenoxy) is 2. The highest BCUT2D eigenvalue weighted by molar-refractivity contribution is 6.06. The molecule has 0 spiro atoms. The lowest BCUT2D eigenvalue weighted by Crippen LogP contribution is -2.54. The number of hydrogen-bond donors (Lipinski definition) is 0. The topological polar surface area (TPSA) is 90.0 Å². The molecule has 6 fully saturated rings. The van der Waals surface area contributed by atoms with Crippen molar-refractivity contribution < 1.29 is 28.7 Å². The van der Waals surface area contributed by atoms with Crippen molar-refractivity contribution in [2.24, 2.45) is 75.9 Å². The first-order chi connectivity index (χ1) is 26.4. The van der Waals surface area contributed by atoms with Crippen LogP contribution >= 0.6 is 0 Å². The number of esters is 2. The predicted molar refractivity (Wildman–Crippen MR) is 215 cm³/mol. The number of unbranched alkanes of at least 4 members (excludes halogenated alkanes) is 5. The second kappa shape index (κ2) is 17.4. The Bertz CT molecular complexity index is 1390. The second-order valence-electron chi connectivity index (χ2n) is 20.7. The van der Waals surface area contributed by atoms with Crippen LogP contribution in [0.5, 0.6) is 0 Å². The molecule has 0 N–H and O–H groups in total. The maximum absolute atomic E-state index is 12.9. The zero-order valence-electron chi connectivity index (χ0n) is 35.2. The lowest BCUT2D eigenvalue weighted by atomic mass is 9.44. The Morgan fingerprint density at radius 2 is 1.36 bits per heavy atom. The van der Waals surface area contributed by atoms with E-state index in [4.69, 9.17) is 9.47 Å². The van der Waals surface area contributed by atoms with Crippen molar-refractivity contribution in [3.8, 4) is 0 Å². The molecule has 9 unspecified atom stereocenters. The molecule has 7 aliphatic rings. The minimum absolute atomic E-state index is 0.0115. The Morgan fingerprint density at radius 3 is 2.05 bits per heavy atom. The number of likely N-dealkylation sites (tertiary alicyclic amines) is 1. The molecule has 13 atom stereocenters. The Kier molecular flexibility index (Phi) is 12.9. The summed E-state index contributed by atoms with van der Waals surface area (Å²) in [4.78, 5) is 52.1. The minimum atomic E-state index is -0.263. The Hall–Kier alpha value is -2.18. The summed E-state index contributed by atoms with van der Waals surface area (Å²) >= 11 is 0. The summed E-state index contributed by atoms with van der Waals surface area (Å²) in [5.41, 5.74) is 0.956. The quantitative estimate of drug-likeness (QED) is 0.0598. The molecule has 308 valence electrons. The zero-order valence-corrected chi connectivity index (χ0v) is 35.2. The van der Waals surface area contributed by atoms with E-state index >= 15 is 0 Å². The van der Waals surface area contributed by atoms with Crippen LogP contribution < -0.4 is 0 Å². The van der Waals surface area contributed by atoms with E-state index in [2.05, 4.69) is 46.8 Å². The van der Waals surface area contributed by atoms with Crippen LogP contribution in [0.25, 0.3) is 0 Å². The van der Waals surface area contributed by atoms with Crippen molar-refractivity contribution in [3.05, 3.63) is 12.2 Å². The average molecular weight is 762 g/mol. The fraction of sp³-hybridized carbons (Fsp3) is 0.875. The van der Waals surface area contributed by atoms with Gasteiger partial charge in [-0.1, -0.05) is 91.7 Å². The van der Waals surface area contributed by atoms with Crippen molar-refractivity contribution in [3.63, 3.8) is 0 Å². The highest BCUT2D eigenvalue weighted by atomic mass is 16.5. The van der Waals surface area contributed by atoms with Gasteiger partial charge in [-0.25, -0.2) is 0 Å². The molecule has 55 heavy (non-hydrogen) atoms. The molecule has 1 aliphatic heterocycles. The fourth-order valence-corrected chi connectivity index (χ4v) is 14.3. The summed E-state index contributed by atoms with van der Waals surface area (Å²) in [6, 6.07) is 0. The Labute approximate surface area is 333 Å². The van der Waals surface area contributed by atoms with Gasteiger partial charge in [0, 0.05) is 12.8 Å². The third-order valence-corrected chi connectivity index (χ3v) is 17.3. The van der Waals surface area contributed by atoms with Gasteiger partial charge in [0.05, 0.1) is 18.4 Å². The first kappa shape index (κ1) is 41.0. The molecule has 7 nitrogen and oxygen atoms in total. The molecular formula is C48H75NO6. The molecule has 5 saturated carbocycles. The van der Waals surface area contributed by atoms with E-state index in [-0.39, 0.29) is 66.7 Å². The van der Waals surface area contributed by atoms with Crippen LogP contribution in [-0.2, 0) is 28.7 Å². The molecule has 1 saturated heterocycles. The van der Waals surface area contributed by atoms with Crippen LogP contribution in [0.2, 0.25) is 0 Å². The number of carbonyl (C=O) groups excluding carboxylic acids is 4. The van der Waals surface area contributed by atoms with Crippen molar-refractivity contribution in [1.82, 2.24) is 4.90 Å². The molecule has 0 aromatic carbocycles. The molecule has 0 radical (unpaired) electrons. The first-order valence-corrected chi connectivity index (χ1v) is 23.3. The van der Waals surface area contributed by atoms with Crippen molar-refractivity contribution in [1.29, 1.82) is 0 Å². The number of fused-ring (bicyclic) bond motifs is 10. The summed E-state index contributed by atoms with van der Waals surface area (Å²) in [6.45, 7) is 12.9. The third-order valence-electron chi connectivity index (χ3n) is 17.3. The number of carbonyl (C=O) groups is 4. The van der Waals surface area contributed by atoms with Gasteiger partial charge in [0.2, 0.25) is 11.8 Å². The van der Waals surface area contributed by atoms with Gasteiger partial charge in [-0.05, 0) is 141 Å². The van der Waals surface area contributed by atoms with Crippen LogP contribution in [0.15, 0.2) is 12.2 Å². The minimum Gasteiger partial charge on any atom is -0.464 e. The van der Waals surface area contributed by atoms with E-state index < -0.39 is 0 Å².